The molecule has 1 aliphatic rings. The van der Waals surface area contributed by atoms with Crippen LogP contribution in [0.2, 0.25) is 0 Å². The lowest BCUT2D eigenvalue weighted by Crippen LogP contribution is -2.51. The standard InChI is InChI=1S/C13H22N4O2/c1-9-6-17(7-10(2)19-9)13(18)12(14-3)11-5-15-16(4)8-11/h5,8-10,12,14H,6-7H2,1-4H3. The Morgan fingerprint density at radius 3 is 2.58 bits per heavy atom. The van der Waals surface area contributed by atoms with Gasteiger partial charge in [0, 0.05) is 31.9 Å². The van der Waals surface area contributed by atoms with Crippen LogP contribution in [0.5, 0.6) is 0 Å². The van der Waals surface area contributed by atoms with Gasteiger partial charge < -0.3 is 15.0 Å². The molecule has 1 aliphatic heterocycles. The summed E-state index contributed by atoms with van der Waals surface area (Å²) in [5, 5.41) is 7.20. The molecule has 1 N–H and O–H groups in total. The van der Waals surface area contributed by atoms with Gasteiger partial charge in [-0.05, 0) is 20.9 Å². The molecule has 6 heteroatoms. The fourth-order valence-corrected chi connectivity index (χ4v) is 2.56. The summed E-state index contributed by atoms with van der Waals surface area (Å²) >= 11 is 0. The predicted molar refractivity (Wildman–Crippen MR) is 71.6 cm³/mol. The Hall–Kier alpha value is -1.40. The first kappa shape index (κ1) is 14.0. The molecule has 1 amide bonds. The summed E-state index contributed by atoms with van der Waals surface area (Å²) in [7, 11) is 3.64. The molecular weight excluding hydrogens is 244 g/mol. The molecule has 1 aromatic rings. The van der Waals surface area contributed by atoms with Crippen molar-refractivity contribution in [2.75, 3.05) is 20.1 Å². The van der Waals surface area contributed by atoms with Crippen LogP contribution in [-0.4, -0.2) is 52.9 Å². The molecule has 1 aromatic heterocycles. The topological polar surface area (TPSA) is 59.4 Å². The van der Waals surface area contributed by atoms with Crippen molar-refractivity contribution < 1.29 is 9.53 Å². The van der Waals surface area contributed by atoms with E-state index in [9.17, 15) is 4.79 Å². The van der Waals surface area contributed by atoms with Crippen molar-refractivity contribution in [3.05, 3.63) is 18.0 Å². The summed E-state index contributed by atoms with van der Waals surface area (Å²) in [5.41, 5.74) is 0.891. The van der Waals surface area contributed by atoms with Crippen molar-refractivity contribution in [2.24, 2.45) is 7.05 Å². The number of rotatable bonds is 3. The zero-order valence-corrected chi connectivity index (χ0v) is 12.0. The number of hydrogen-bond acceptors (Lipinski definition) is 4. The minimum absolute atomic E-state index is 0.0810. The second-order valence-corrected chi connectivity index (χ2v) is 5.17. The van der Waals surface area contributed by atoms with Crippen LogP contribution in [0, 0.1) is 0 Å². The number of hydrogen-bond donors (Lipinski definition) is 1. The monoisotopic (exact) mass is 266 g/mol. The van der Waals surface area contributed by atoms with E-state index in [0.717, 1.165) is 5.56 Å². The highest BCUT2D eigenvalue weighted by molar-refractivity contribution is 5.83. The Bertz CT molecular complexity index is 436. The Morgan fingerprint density at radius 1 is 1.47 bits per heavy atom. The number of carbonyl (C=O) groups excluding carboxylic acids is 1. The molecule has 1 fully saturated rings. The lowest BCUT2D eigenvalue weighted by molar-refractivity contribution is -0.145. The van der Waals surface area contributed by atoms with E-state index in [1.807, 2.05) is 32.0 Å². The van der Waals surface area contributed by atoms with Crippen molar-refractivity contribution in [1.82, 2.24) is 20.0 Å². The number of aryl methyl sites for hydroxylation is 1. The Labute approximate surface area is 113 Å². The smallest absolute Gasteiger partial charge is 0.244 e. The molecule has 2 rings (SSSR count). The van der Waals surface area contributed by atoms with Crippen LogP contribution in [0.4, 0.5) is 0 Å². The van der Waals surface area contributed by atoms with Gasteiger partial charge in [0.15, 0.2) is 0 Å². The van der Waals surface area contributed by atoms with Gasteiger partial charge in [0.25, 0.3) is 0 Å². The van der Waals surface area contributed by atoms with Crippen molar-refractivity contribution in [1.29, 1.82) is 0 Å². The summed E-state index contributed by atoms with van der Waals surface area (Å²) in [4.78, 5) is 14.5. The highest BCUT2D eigenvalue weighted by Gasteiger charge is 2.31. The van der Waals surface area contributed by atoms with E-state index in [2.05, 4.69) is 10.4 Å². The van der Waals surface area contributed by atoms with E-state index in [-0.39, 0.29) is 24.2 Å². The molecule has 2 heterocycles. The van der Waals surface area contributed by atoms with Gasteiger partial charge in [0.05, 0.1) is 18.4 Å². The molecule has 0 radical (unpaired) electrons. The third kappa shape index (κ3) is 3.13. The van der Waals surface area contributed by atoms with E-state index < -0.39 is 0 Å². The minimum atomic E-state index is -0.341. The molecule has 3 atom stereocenters. The van der Waals surface area contributed by atoms with Crippen molar-refractivity contribution in [2.45, 2.75) is 32.1 Å². The van der Waals surface area contributed by atoms with Gasteiger partial charge in [-0.2, -0.15) is 5.10 Å². The summed E-state index contributed by atoms with van der Waals surface area (Å²) in [5.74, 6) is 0.0810. The molecule has 0 bridgehead atoms. The van der Waals surface area contributed by atoms with Gasteiger partial charge in [0.2, 0.25) is 5.91 Å². The molecule has 0 spiro atoms. The van der Waals surface area contributed by atoms with E-state index >= 15 is 0 Å². The maximum atomic E-state index is 12.6. The number of morpholine rings is 1. The zero-order chi connectivity index (χ0) is 14.0. The van der Waals surface area contributed by atoms with Gasteiger partial charge in [0.1, 0.15) is 6.04 Å². The molecule has 1 saturated heterocycles. The minimum Gasteiger partial charge on any atom is -0.372 e. The Balaban J connectivity index is 2.12. The second kappa shape index (κ2) is 5.71. The van der Waals surface area contributed by atoms with Crippen LogP contribution >= 0.6 is 0 Å². The van der Waals surface area contributed by atoms with Crippen LogP contribution in [0.1, 0.15) is 25.5 Å². The number of aromatic nitrogens is 2. The molecule has 0 aromatic carbocycles. The normalized spacial score (nSPS) is 25.4. The third-order valence-corrected chi connectivity index (χ3v) is 3.33. The first-order chi connectivity index (χ1) is 9.01. The fraction of sp³-hybridized carbons (Fsp3) is 0.692. The Morgan fingerprint density at radius 2 is 2.11 bits per heavy atom. The quantitative estimate of drug-likeness (QED) is 0.856. The van der Waals surface area contributed by atoms with Crippen LogP contribution in [-0.2, 0) is 16.6 Å². The van der Waals surface area contributed by atoms with Crippen molar-refractivity contribution in [3.63, 3.8) is 0 Å². The number of amides is 1. The molecule has 0 saturated carbocycles. The summed E-state index contributed by atoms with van der Waals surface area (Å²) < 4.78 is 7.36. The van der Waals surface area contributed by atoms with Crippen LogP contribution < -0.4 is 5.32 Å². The first-order valence-corrected chi connectivity index (χ1v) is 6.61. The van der Waals surface area contributed by atoms with E-state index in [4.69, 9.17) is 4.74 Å². The summed E-state index contributed by atoms with van der Waals surface area (Å²) in [6.07, 6.45) is 3.76. The van der Waals surface area contributed by atoms with Crippen molar-refractivity contribution in [3.8, 4) is 0 Å². The van der Waals surface area contributed by atoms with Gasteiger partial charge in [-0.25, -0.2) is 0 Å². The van der Waals surface area contributed by atoms with Crippen LogP contribution in [0.3, 0.4) is 0 Å². The average Bonchev–Trinajstić information content (AvgIpc) is 2.75. The first-order valence-electron chi connectivity index (χ1n) is 6.61. The van der Waals surface area contributed by atoms with Gasteiger partial charge in [-0.3, -0.25) is 9.48 Å². The fourth-order valence-electron chi connectivity index (χ4n) is 2.56. The van der Waals surface area contributed by atoms with Gasteiger partial charge in [-0.15, -0.1) is 0 Å². The number of nitrogens with one attached hydrogen (secondary N) is 1. The molecule has 19 heavy (non-hydrogen) atoms. The lowest BCUT2D eigenvalue weighted by atomic mass is 10.1. The maximum Gasteiger partial charge on any atom is 0.244 e. The maximum absolute atomic E-state index is 12.6. The van der Waals surface area contributed by atoms with Crippen LogP contribution in [0.25, 0.3) is 0 Å². The van der Waals surface area contributed by atoms with E-state index in [1.165, 1.54) is 0 Å². The number of ether oxygens (including phenoxy) is 1. The molecule has 3 unspecified atom stereocenters. The highest BCUT2D eigenvalue weighted by atomic mass is 16.5. The average molecular weight is 266 g/mol. The highest BCUT2D eigenvalue weighted by Crippen LogP contribution is 2.18. The predicted octanol–water partition coefficient (Wildman–Crippen LogP) is 0.316. The summed E-state index contributed by atoms with van der Waals surface area (Å²) in [6.45, 7) is 5.27. The number of nitrogens with zero attached hydrogens (tertiary/aromatic N) is 3. The number of carbonyl (C=O) groups is 1. The lowest BCUT2D eigenvalue weighted by Gasteiger charge is -2.37. The number of likely N-dealkylation sites (N-methyl/N-ethyl adjacent to an activating group) is 1. The second-order valence-electron chi connectivity index (χ2n) is 5.17. The van der Waals surface area contributed by atoms with E-state index in [0.29, 0.717) is 13.1 Å². The Kier molecular flexibility index (Phi) is 4.21. The summed E-state index contributed by atoms with van der Waals surface area (Å²) in [6, 6.07) is -0.341. The molecule has 0 aliphatic carbocycles. The van der Waals surface area contributed by atoms with Gasteiger partial charge in [-0.1, -0.05) is 0 Å². The zero-order valence-electron chi connectivity index (χ0n) is 12.0. The van der Waals surface area contributed by atoms with E-state index in [1.54, 1.807) is 17.9 Å². The molecular formula is C13H22N4O2. The van der Waals surface area contributed by atoms with Gasteiger partial charge >= 0.3 is 0 Å². The largest absolute Gasteiger partial charge is 0.372 e. The van der Waals surface area contributed by atoms with Crippen molar-refractivity contribution >= 4 is 5.91 Å². The van der Waals surface area contributed by atoms with Crippen LogP contribution in [0.15, 0.2) is 12.4 Å². The SMILES string of the molecule is CNC(C(=O)N1CC(C)OC(C)C1)c1cnn(C)c1. The molecule has 106 valence electrons. The third-order valence-electron chi connectivity index (χ3n) is 3.33. The molecule has 6 nitrogen and oxygen atoms in total.